The molecular formula is C17H19N3O5. The lowest BCUT2D eigenvalue weighted by Gasteiger charge is -2.32. The molecule has 8 heteroatoms. The third kappa shape index (κ3) is 4.66. The maximum Gasteiger partial charge on any atom is 0.321 e. The van der Waals surface area contributed by atoms with Gasteiger partial charge in [0.05, 0.1) is 12.5 Å². The van der Waals surface area contributed by atoms with Gasteiger partial charge in [0.25, 0.3) is 5.91 Å². The van der Waals surface area contributed by atoms with Crippen LogP contribution < -0.4 is 10.6 Å². The largest absolute Gasteiger partial charge is 0.455 e. The summed E-state index contributed by atoms with van der Waals surface area (Å²) in [6, 6.07) is 6.23. The van der Waals surface area contributed by atoms with E-state index in [9.17, 15) is 19.2 Å². The van der Waals surface area contributed by atoms with Crippen LogP contribution in [0.1, 0.15) is 30.5 Å². The molecule has 8 nitrogen and oxygen atoms in total. The van der Waals surface area contributed by atoms with Crippen molar-refractivity contribution >= 4 is 29.9 Å². The van der Waals surface area contributed by atoms with Crippen molar-refractivity contribution < 1.29 is 23.9 Å². The van der Waals surface area contributed by atoms with Gasteiger partial charge in [-0.15, -0.1) is 0 Å². The van der Waals surface area contributed by atoms with E-state index >= 15 is 0 Å². The smallest absolute Gasteiger partial charge is 0.321 e. The second kappa shape index (κ2) is 8.09. The number of fused-ring (bicyclic) bond motifs is 1. The SMILES string of the molecule is CNC(=O)NC(=O)COC(=O)C[C@@H]1c2ccccc2C=CN1C(C)=O. The minimum absolute atomic E-state index is 0.103. The zero-order chi connectivity index (χ0) is 18.4. The summed E-state index contributed by atoms with van der Waals surface area (Å²) in [5, 5.41) is 4.20. The van der Waals surface area contributed by atoms with Crippen molar-refractivity contribution in [2.75, 3.05) is 13.7 Å². The number of esters is 1. The molecule has 4 amide bonds. The van der Waals surface area contributed by atoms with Crippen LogP contribution in [0.3, 0.4) is 0 Å². The van der Waals surface area contributed by atoms with E-state index in [1.165, 1.54) is 18.9 Å². The summed E-state index contributed by atoms with van der Waals surface area (Å²) < 4.78 is 4.90. The average molecular weight is 345 g/mol. The molecule has 0 aromatic heterocycles. The summed E-state index contributed by atoms with van der Waals surface area (Å²) in [7, 11) is 1.36. The molecule has 1 aromatic rings. The van der Waals surface area contributed by atoms with E-state index in [4.69, 9.17) is 4.74 Å². The number of urea groups is 1. The molecule has 1 atom stereocenters. The van der Waals surface area contributed by atoms with E-state index in [1.807, 2.05) is 29.6 Å². The monoisotopic (exact) mass is 345 g/mol. The predicted octanol–water partition coefficient (Wildman–Crippen LogP) is 0.949. The average Bonchev–Trinajstić information content (AvgIpc) is 2.59. The van der Waals surface area contributed by atoms with Gasteiger partial charge in [0, 0.05) is 20.2 Å². The first-order chi connectivity index (χ1) is 11.9. The highest BCUT2D eigenvalue weighted by Crippen LogP contribution is 2.32. The Morgan fingerprint density at radius 1 is 1.20 bits per heavy atom. The van der Waals surface area contributed by atoms with Crippen LogP contribution in [0.15, 0.2) is 30.5 Å². The lowest BCUT2D eigenvalue weighted by Crippen LogP contribution is -2.40. The summed E-state index contributed by atoms with van der Waals surface area (Å²) in [6.07, 6.45) is 3.32. The summed E-state index contributed by atoms with van der Waals surface area (Å²) >= 11 is 0. The molecule has 1 aliphatic rings. The molecule has 1 aromatic carbocycles. The Morgan fingerprint density at radius 2 is 1.92 bits per heavy atom. The zero-order valence-corrected chi connectivity index (χ0v) is 13.9. The Labute approximate surface area is 144 Å². The molecule has 0 saturated heterocycles. The Hall–Kier alpha value is -3.16. The van der Waals surface area contributed by atoms with Crippen LogP contribution in [-0.4, -0.2) is 42.4 Å². The van der Waals surface area contributed by atoms with Gasteiger partial charge in [0.15, 0.2) is 6.61 Å². The molecular weight excluding hydrogens is 326 g/mol. The summed E-state index contributed by atoms with van der Waals surface area (Å²) in [5.74, 6) is -1.59. The number of benzene rings is 1. The summed E-state index contributed by atoms with van der Waals surface area (Å²) in [5.41, 5.74) is 1.74. The van der Waals surface area contributed by atoms with Crippen LogP contribution in [0.5, 0.6) is 0 Å². The molecule has 0 fully saturated rings. The number of nitrogens with zero attached hydrogens (tertiary/aromatic N) is 1. The molecule has 0 bridgehead atoms. The molecule has 0 unspecified atom stereocenters. The fourth-order valence-electron chi connectivity index (χ4n) is 2.50. The minimum atomic E-state index is -0.736. The second-order valence-electron chi connectivity index (χ2n) is 5.38. The van der Waals surface area contributed by atoms with Gasteiger partial charge in [0.1, 0.15) is 0 Å². The van der Waals surface area contributed by atoms with Crippen LogP contribution in [0, 0.1) is 0 Å². The number of imide groups is 1. The Bertz CT molecular complexity index is 729. The van der Waals surface area contributed by atoms with Crippen molar-refractivity contribution in [1.29, 1.82) is 0 Å². The van der Waals surface area contributed by atoms with Crippen molar-refractivity contribution in [3.63, 3.8) is 0 Å². The van der Waals surface area contributed by atoms with E-state index in [-0.39, 0.29) is 12.3 Å². The highest BCUT2D eigenvalue weighted by atomic mass is 16.5. The number of carbonyl (C=O) groups is 4. The van der Waals surface area contributed by atoms with Crippen LogP contribution in [0.2, 0.25) is 0 Å². The van der Waals surface area contributed by atoms with Gasteiger partial charge >= 0.3 is 12.0 Å². The summed E-state index contributed by atoms with van der Waals surface area (Å²) in [6.45, 7) is 0.837. The zero-order valence-electron chi connectivity index (χ0n) is 13.9. The van der Waals surface area contributed by atoms with E-state index in [0.29, 0.717) is 0 Å². The Kier molecular flexibility index (Phi) is 5.89. The van der Waals surface area contributed by atoms with E-state index < -0.39 is 30.6 Å². The lowest BCUT2D eigenvalue weighted by molar-refractivity contribution is -0.149. The lowest BCUT2D eigenvalue weighted by atomic mass is 9.94. The predicted molar refractivity (Wildman–Crippen MR) is 88.9 cm³/mol. The van der Waals surface area contributed by atoms with Gasteiger partial charge in [-0.25, -0.2) is 4.79 Å². The van der Waals surface area contributed by atoms with Crippen molar-refractivity contribution in [2.45, 2.75) is 19.4 Å². The van der Waals surface area contributed by atoms with Gasteiger partial charge in [-0.1, -0.05) is 24.3 Å². The first kappa shape index (κ1) is 18.2. The second-order valence-corrected chi connectivity index (χ2v) is 5.38. The molecule has 0 aliphatic carbocycles. The molecule has 25 heavy (non-hydrogen) atoms. The van der Waals surface area contributed by atoms with Crippen LogP contribution in [-0.2, 0) is 19.1 Å². The first-order valence-electron chi connectivity index (χ1n) is 7.65. The number of nitrogens with one attached hydrogen (secondary N) is 2. The fourth-order valence-corrected chi connectivity index (χ4v) is 2.50. The van der Waals surface area contributed by atoms with Crippen LogP contribution >= 0.6 is 0 Å². The number of hydrogen-bond acceptors (Lipinski definition) is 5. The number of ether oxygens (including phenoxy) is 1. The molecule has 0 saturated carbocycles. The molecule has 2 rings (SSSR count). The number of rotatable bonds is 4. The highest BCUT2D eigenvalue weighted by Gasteiger charge is 2.28. The topological polar surface area (TPSA) is 105 Å². The molecule has 1 aliphatic heterocycles. The van der Waals surface area contributed by atoms with E-state index in [2.05, 4.69) is 5.32 Å². The maximum absolute atomic E-state index is 12.1. The van der Waals surface area contributed by atoms with Crippen molar-refractivity contribution in [2.24, 2.45) is 0 Å². The van der Waals surface area contributed by atoms with Gasteiger partial charge in [0.2, 0.25) is 5.91 Å². The maximum atomic E-state index is 12.1. The third-order valence-electron chi connectivity index (χ3n) is 3.67. The molecule has 1 heterocycles. The number of hydrogen-bond donors (Lipinski definition) is 2. The molecule has 132 valence electrons. The normalized spacial score (nSPS) is 15.1. The highest BCUT2D eigenvalue weighted by molar-refractivity contribution is 5.95. The van der Waals surface area contributed by atoms with Gasteiger partial charge in [-0.05, 0) is 17.2 Å². The van der Waals surface area contributed by atoms with Gasteiger partial charge in [-0.2, -0.15) is 0 Å². The Morgan fingerprint density at radius 3 is 2.60 bits per heavy atom. The van der Waals surface area contributed by atoms with Crippen LogP contribution in [0.25, 0.3) is 6.08 Å². The van der Waals surface area contributed by atoms with Crippen molar-refractivity contribution in [3.8, 4) is 0 Å². The number of amides is 4. The molecule has 0 radical (unpaired) electrons. The molecule has 2 N–H and O–H groups in total. The van der Waals surface area contributed by atoms with Crippen molar-refractivity contribution in [3.05, 3.63) is 41.6 Å². The van der Waals surface area contributed by atoms with Gasteiger partial charge < -0.3 is 15.0 Å². The van der Waals surface area contributed by atoms with E-state index in [1.54, 1.807) is 12.3 Å². The van der Waals surface area contributed by atoms with Gasteiger partial charge in [-0.3, -0.25) is 19.7 Å². The fraction of sp³-hybridized carbons (Fsp3) is 0.294. The minimum Gasteiger partial charge on any atom is -0.455 e. The summed E-state index contributed by atoms with van der Waals surface area (Å²) in [4.78, 5) is 47.8. The number of carbonyl (C=O) groups excluding carboxylic acids is 4. The standard InChI is InChI=1S/C17H19N3O5/c1-11(21)20-8-7-12-5-3-4-6-13(12)14(20)9-16(23)25-10-15(22)19-17(24)18-2/h3-8,14H,9-10H2,1-2H3,(H2,18,19,22,24)/t14-/m1/s1. The quantitative estimate of drug-likeness (QED) is 0.791. The molecule has 0 spiro atoms. The third-order valence-corrected chi connectivity index (χ3v) is 3.67. The first-order valence-corrected chi connectivity index (χ1v) is 7.65. The van der Waals surface area contributed by atoms with Crippen molar-refractivity contribution in [1.82, 2.24) is 15.5 Å². The Balaban J connectivity index is 2.02. The van der Waals surface area contributed by atoms with Crippen LogP contribution in [0.4, 0.5) is 4.79 Å². The van der Waals surface area contributed by atoms with E-state index in [0.717, 1.165) is 11.1 Å².